The number of hydrogen-bond donors (Lipinski definition) is 1. The van der Waals surface area contributed by atoms with Crippen molar-refractivity contribution >= 4 is 0 Å². The van der Waals surface area contributed by atoms with Crippen molar-refractivity contribution in [2.75, 3.05) is 7.11 Å². The molecule has 1 aromatic carbocycles. The van der Waals surface area contributed by atoms with Crippen LogP contribution in [0.4, 0.5) is 0 Å². The van der Waals surface area contributed by atoms with Crippen molar-refractivity contribution in [2.45, 2.75) is 19.6 Å². The molecule has 2 heteroatoms. The van der Waals surface area contributed by atoms with E-state index in [1.165, 1.54) is 0 Å². The lowest BCUT2D eigenvalue weighted by molar-refractivity contribution is 0.119. The second-order valence-corrected chi connectivity index (χ2v) is 2.78. The van der Waals surface area contributed by atoms with Gasteiger partial charge in [0.15, 0.2) is 0 Å². The van der Waals surface area contributed by atoms with Crippen molar-refractivity contribution in [1.82, 2.24) is 0 Å². The van der Waals surface area contributed by atoms with Gasteiger partial charge in [-0.1, -0.05) is 24.3 Å². The Morgan fingerprint density at radius 1 is 1.33 bits per heavy atom. The zero-order valence-electron chi connectivity index (χ0n) is 7.45. The van der Waals surface area contributed by atoms with Crippen LogP contribution in [-0.2, 0) is 11.3 Å². The Morgan fingerprint density at radius 2 is 1.92 bits per heavy atom. The molecule has 0 aliphatic rings. The van der Waals surface area contributed by atoms with Gasteiger partial charge in [-0.05, 0) is 18.1 Å². The Hall–Kier alpha value is -0.860. The van der Waals surface area contributed by atoms with Gasteiger partial charge in [0.2, 0.25) is 0 Å². The Balaban J connectivity index is 2.77. The highest BCUT2D eigenvalue weighted by Gasteiger charge is 2.01. The number of hydrogen-bond acceptors (Lipinski definition) is 2. The van der Waals surface area contributed by atoms with Crippen LogP contribution in [0.3, 0.4) is 0 Å². The zero-order valence-corrected chi connectivity index (χ0v) is 7.45. The molecule has 2 nitrogen and oxygen atoms in total. The van der Waals surface area contributed by atoms with Crippen LogP contribution in [0.2, 0.25) is 0 Å². The first-order chi connectivity index (χ1) is 5.77. The van der Waals surface area contributed by atoms with Crippen LogP contribution in [-0.4, -0.2) is 12.2 Å². The lowest BCUT2D eigenvalue weighted by Gasteiger charge is -2.09. The van der Waals surface area contributed by atoms with Crippen molar-refractivity contribution in [3.8, 4) is 0 Å². The van der Waals surface area contributed by atoms with Crippen LogP contribution in [0.5, 0.6) is 0 Å². The fraction of sp³-hybridized carbons (Fsp3) is 0.400. The third-order valence-electron chi connectivity index (χ3n) is 1.99. The van der Waals surface area contributed by atoms with E-state index in [2.05, 4.69) is 0 Å². The predicted octanol–water partition coefficient (Wildman–Crippen LogP) is 1.89. The van der Waals surface area contributed by atoms with Gasteiger partial charge in [0, 0.05) is 7.11 Å². The molecule has 0 radical (unpaired) electrons. The topological polar surface area (TPSA) is 29.5 Å². The molecule has 0 unspecified atom stereocenters. The minimum Gasteiger partial charge on any atom is -0.392 e. The third-order valence-corrected chi connectivity index (χ3v) is 1.99. The van der Waals surface area contributed by atoms with Gasteiger partial charge in [-0.3, -0.25) is 0 Å². The van der Waals surface area contributed by atoms with Gasteiger partial charge >= 0.3 is 0 Å². The first-order valence-electron chi connectivity index (χ1n) is 4.00. The minimum atomic E-state index is 0.0989. The van der Waals surface area contributed by atoms with Crippen molar-refractivity contribution in [3.63, 3.8) is 0 Å². The summed E-state index contributed by atoms with van der Waals surface area (Å²) in [6.45, 7) is 2.09. The van der Waals surface area contributed by atoms with E-state index in [0.717, 1.165) is 11.1 Å². The fourth-order valence-electron chi connectivity index (χ4n) is 1.03. The van der Waals surface area contributed by atoms with E-state index >= 15 is 0 Å². The molecule has 0 aromatic heterocycles. The summed E-state index contributed by atoms with van der Waals surface area (Å²) >= 11 is 0. The van der Waals surface area contributed by atoms with Crippen molar-refractivity contribution in [1.29, 1.82) is 0 Å². The highest BCUT2D eigenvalue weighted by atomic mass is 16.5. The van der Waals surface area contributed by atoms with Crippen LogP contribution < -0.4 is 0 Å². The Kier molecular flexibility index (Phi) is 3.26. The summed E-state index contributed by atoms with van der Waals surface area (Å²) in [6.07, 6.45) is 0.123. The molecule has 0 saturated heterocycles. The Bertz CT molecular complexity index is 228. The number of aliphatic hydroxyl groups excluding tert-OH is 1. The molecule has 0 amide bonds. The van der Waals surface area contributed by atoms with E-state index in [1.54, 1.807) is 7.11 Å². The maximum Gasteiger partial charge on any atom is 0.0793 e. The van der Waals surface area contributed by atoms with E-state index in [9.17, 15) is 0 Å². The van der Waals surface area contributed by atoms with Crippen molar-refractivity contribution < 1.29 is 9.84 Å². The lowest BCUT2D eigenvalue weighted by atomic mass is 10.1. The molecule has 1 aromatic rings. The first-order valence-corrected chi connectivity index (χ1v) is 4.00. The molecule has 66 valence electrons. The summed E-state index contributed by atoms with van der Waals surface area (Å²) in [7, 11) is 1.69. The van der Waals surface area contributed by atoms with Gasteiger partial charge in [-0.15, -0.1) is 0 Å². The average Bonchev–Trinajstić information content (AvgIpc) is 2.17. The molecule has 0 bridgehead atoms. The van der Waals surface area contributed by atoms with E-state index in [4.69, 9.17) is 9.84 Å². The molecule has 12 heavy (non-hydrogen) atoms. The summed E-state index contributed by atoms with van der Waals surface area (Å²) < 4.78 is 5.15. The standard InChI is InChI=1S/C10H14O2/c1-8(12-2)10-5-3-9(7-11)4-6-10/h3-6,8,11H,7H2,1-2H3/t8-/m0/s1. The van der Waals surface area contributed by atoms with Gasteiger partial charge < -0.3 is 9.84 Å². The smallest absolute Gasteiger partial charge is 0.0793 e. The average molecular weight is 166 g/mol. The molecule has 1 N–H and O–H groups in total. The molecule has 0 aliphatic carbocycles. The number of ether oxygens (including phenoxy) is 1. The molecule has 0 fully saturated rings. The molecule has 1 rings (SSSR count). The summed E-state index contributed by atoms with van der Waals surface area (Å²) in [6, 6.07) is 7.76. The van der Waals surface area contributed by atoms with Crippen molar-refractivity contribution in [3.05, 3.63) is 35.4 Å². The normalized spacial score (nSPS) is 12.9. The second kappa shape index (κ2) is 4.24. The molecule has 1 atom stereocenters. The van der Waals surface area contributed by atoms with E-state index in [-0.39, 0.29) is 12.7 Å². The maximum atomic E-state index is 8.79. The van der Waals surface area contributed by atoms with E-state index in [0.29, 0.717) is 0 Å². The largest absolute Gasteiger partial charge is 0.392 e. The molecule has 0 aliphatic heterocycles. The minimum absolute atomic E-state index is 0.0989. The number of rotatable bonds is 3. The van der Waals surface area contributed by atoms with Crippen LogP contribution in [0.1, 0.15) is 24.2 Å². The molecular formula is C10H14O2. The van der Waals surface area contributed by atoms with Crippen LogP contribution >= 0.6 is 0 Å². The summed E-state index contributed by atoms with van der Waals surface area (Å²) in [5.74, 6) is 0. The molecular weight excluding hydrogens is 152 g/mol. The number of benzene rings is 1. The molecule has 0 spiro atoms. The highest BCUT2D eigenvalue weighted by Crippen LogP contribution is 2.15. The maximum absolute atomic E-state index is 8.79. The van der Waals surface area contributed by atoms with E-state index in [1.807, 2.05) is 31.2 Å². The number of aliphatic hydroxyl groups is 1. The third kappa shape index (κ3) is 2.06. The van der Waals surface area contributed by atoms with E-state index < -0.39 is 0 Å². The monoisotopic (exact) mass is 166 g/mol. The SMILES string of the molecule is CO[C@@H](C)c1ccc(CO)cc1. The Labute approximate surface area is 72.8 Å². The van der Waals surface area contributed by atoms with Crippen LogP contribution in [0, 0.1) is 0 Å². The highest BCUT2D eigenvalue weighted by molar-refractivity contribution is 5.23. The summed E-state index contributed by atoms with van der Waals surface area (Å²) in [5, 5.41) is 8.79. The first kappa shape index (κ1) is 9.23. The lowest BCUT2D eigenvalue weighted by Crippen LogP contribution is -1.95. The zero-order chi connectivity index (χ0) is 8.97. The van der Waals surface area contributed by atoms with Crippen LogP contribution in [0.15, 0.2) is 24.3 Å². The van der Waals surface area contributed by atoms with Gasteiger partial charge in [0.05, 0.1) is 12.7 Å². The second-order valence-electron chi connectivity index (χ2n) is 2.78. The van der Waals surface area contributed by atoms with Gasteiger partial charge in [-0.25, -0.2) is 0 Å². The molecule has 0 heterocycles. The van der Waals surface area contributed by atoms with Crippen LogP contribution in [0.25, 0.3) is 0 Å². The summed E-state index contributed by atoms with van der Waals surface area (Å²) in [5.41, 5.74) is 2.07. The summed E-state index contributed by atoms with van der Waals surface area (Å²) in [4.78, 5) is 0. The fourth-order valence-corrected chi connectivity index (χ4v) is 1.03. The van der Waals surface area contributed by atoms with Gasteiger partial charge in [-0.2, -0.15) is 0 Å². The quantitative estimate of drug-likeness (QED) is 0.743. The Morgan fingerprint density at radius 3 is 2.33 bits per heavy atom. The molecule has 0 saturated carbocycles. The predicted molar refractivity (Wildman–Crippen MR) is 47.8 cm³/mol. The van der Waals surface area contributed by atoms with Crippen molar-refractivity contribution in [2.24, 2.45) is 0 Å². The number of methoxy groups -OCH3 is 1. The van der Waals surface area contributed by atoms with Gasteiger partial charge in [0.1, 0.15) is 0 Å². The van der Waals surface area contributed by atoms with Gasteiger partial charge in [0.25, 0.3) is 0 Å².